The topological polar surface area (TPSA) is 120 Å². The first kappa shape index (κ1) is 20.2. The van der Waals surface area contributed by atoms with E-state index in [4.69, 9.17) is 0 Å². The number of benzene rings is 1. The fourth-order valence-corrected chi connectivity index (χ4v) is 7.15. The number of hydrogen-bond donors (Lipinski definition) is 4. The molecule has 0 radical (unpaired) electrons. The molecular weight excluding hydrogens is 443 g/mol. The molecule has 4 N–H and O–H groups in total. The van der Waals surface area contributed by atoms with Gasteiger partial charge >= 0.3 is 0 Å². The molecule has 162 valence electrons. The molecule has 1 saturated heterocycles. The smallest absolute Gasteiger partial charge is 0.267 e. The summed E-state index contributed by atoms with van der Waals surface area (Å²) in [6, 6.07) is 7.58. The van der Waals surface area contributed by atoms with Crippen LogP contribution in [0.1, 0.15) is 43.5 Å². The van der Waals surface area contributed by atoms with E-state index in [1.54, 1.807) is 12.1 Å². The molecule has 1 fully saturated rings. The summed E-state index contributed by atoms with van der Waals surface area (Å²) in [5.41, 5.74) is 2.05. The lowest BCUT2D eigenvalue weighted by atomic mass is 10.0. The van der Waals surface area contributed by atoms with Crippen molar-refractivity contribution in [1.29, 1.82) is 0 Å². The standard InChI is InChI=1S/C20H19FN4O4S2/c21-12-1-2-13-11(5-12)6-14(24-13)20(27)23-9-15-19-10(3-4-22-15)7-16(30-19)17-8-18(26)25-31(17,28)29/h1-2,5-7,15,17,22,24H,3-4,8-9H2,(H,23,27)(H,25,26). The molecule has 4 heterocycles. The summed E-state index contributed by atoms with van der Waals surface area (Å²) >= 11 is 1.36. The highest BCUT2D eigenvalue weighted by Crippen LogP contribution is 2.40. The molecule has 2 aromatic heterocycles. The second-order valence-electron chi connectivity index (χ2n) is 7.68. The average molecular weight is 463 g/mol. The van der Waals surface area contributed by atoms with E-state index in [2.05, 4.69) is 15.6 Å². The Hall–Kier alpha value is -2.76. The van der Waals surface area contributed by atoms with Gasteiger partial charge in [0.25, 0.3) is 5.91 Å². The van der Waals surface area contributed by atoms with Crippen molar-refractivity contribution >= 4 is 44.1 Å². The van der Waals surface area contributed by atoms with Crippen molar-refractivity contribution in [1.82, 2.24) is 20.3 Å². The lowest BCUT2D eigenvalue weighted by molar-refractivity contribution is -0.118. The Morgan fingerprint density at radius 2 is 2.10 bits per heavy atom. The van der Waals surface area contributed by atoms with Crippen molar-refractivity contribution in [2.24, 2.45) is 0 Å². The van der Waals surface area contributed by atoms with E-state index in [-0.39, 0.29) is 24.2 Å². The number of H-pyrrole nitrogens is 1. The van der Waals surface area contributed by atoms with Gasteiger partial charge in [0, 0.05) is 27.2 Å². The molecular formula is C20H19FN4O4S2. The second kappa shape index (κ2) is 7.43. The van der Waals surface area contributed by atoms with Crippen LogP contribution in [0.2, 0.25) is 0 Å². The van der Waals surface area contributed by atoms with E-state index >= 15 is 0 Å². The number of aromatic nitrogens is 1. The molecule has 2 aliphatic rings. The Morgan fingerprint density at radius 1 is 1.26 bits per heavy atom. The van der Waals surface area contributed by atoms with Crippen LogP contribution in [0.25, 0.3) is 10.9 Å². The fourth-order valence-electron chi connectivity index (χ4n) is 4.07. The molecule has 2 unspecified atom stereocenters. The minimum Gasteiger partial charge on any atom is -0.351 e. The summed E-state index contributed by atoms with van der Waals surface area (Å²) in [6.45, 7) is 1.01. The highest BCUT2D eigenvalue weighted by Gasteiger charge is 2.40. The van der Waals surface area contributed by atoms with Crippen LogP contribution in [-0.2, 0) is 21.2 Å². The zero-order chi connectivity index (χ0) is 21.8. The van der Waals surface area contributed by atoms with Gasteiger partial charge in [-0.3, -0.25) is 14.3 Å². The zero-order valence-corrected chi connectivity index (χ0v) is 17.8. The van der Waals surface area contributed by atoms with Crippen molar-refractivity contribution in [3.8, 4) is 0 Å². The molecule has 11 heteroatoms. The minimum atomic E-state index is -3.69. The van der Waals surface area contributed by atoms with Crippen LogP contribution < -0.4 is 15.4 Å². The molecule has 0 saturated carbocycles. The largest absolute Gasteiger partial charge is 0.351 e. The third-order valence-corrected chi connectivity index (χ3v) is 8.81. The van der Waals surface area contributed by atoms with Crippen LogP contribution in [-0.4, -0.2) is 38.3 Å². The van der Waals surface area contributed by atoms with E-state index in [1.807, 2.05) is 10.8 Å². The number of amides is 2. The Bertz CT molecular complexity index is 1310. The van der Waals surface area contributed by atoms with Crippen molar-refractivity contribution in [2.45, 2.75) is 24.1 Å². The maximum Gasteiger partial charge on any atom is 0.267 e. The molecule has 2 aliphatic heterocycles. The number of thiophene rings is 1. The summed E-state index contributed by atoms with van der Waals surface area (Å²) < 4.78 is 39.8. The predicted octanol–water partition coefficient (Wildman–Crippen LogP) is 1.88. The van der Waals surface area contributed by atoms with E-state index < -0.39 is 21.2 Å². The SMILES string of the molecule is O=C1CC(c2cc3c(s2)C(CNC(=O)c2cc4cc(F)ccc4[nH]2)NCC3)S(=O)(=O)N1. The van der Waals surface area contributed by atoms with Gasteiger partial charge in [-0.05, 0) is 48.9 Å². The molecule has 8 nitrogen and oxygen atoms in total. The molecule has 2 atom stereocenters. The van der Waals surface area contributed by atoms with E-state index in [1.165, 1.54) is 23.5 Å². The van der Waals surface area contributed by atoms with E-state index in [9.17, 15) is 22.4 Å². The van der Waals surface area contributed by atoms with Gasteiger partial charge in [0.2, 0.25) is 15.9 Å². The Kier molecular flexibility index (Phi) is 4.83. The van der Waals surface area contributed by atoms with Gasteiger partial charge in [-0.25, -0.2) is 12.8 Å². The van der Waals surface area contributed by atoms with Crippen molar-refractivity contribution in [2.75, 3.05) is 13.1 Å². The van der Waals surface area contributed by atoms with E-state index in [0.29, 0.717) is 34.6 Å². The fraction of sp³-hybridized carbons (Fsp3) is 0.300. The summed E-state index contributed by atoms with van der Waals surface area (Å²) in [7, 11) is -3.69. The Morgan fingerprint density at radius 3 is 2.87 bits per heavy atom. The molecule has 1 aromatic carbocycles. The van der Waals surface area contributed by atoms with Crippen LogP contribution >= 0.6 is 11.3 Å². The van der Waals surface area contributed by atoms with Gasteiger partial charge < -0.3 is 15.6 Å². The van der Waals surface area contributed by atoms with Crippen LogP contribution in [0.3, 0.4) is 0 Å². The van der Waals surface area contributed by atoms with Crippen LogP contribution in [0, 0.1) is 5.82 Å². The maximum absolute atomic E-state index is 13.4. The van der Waals surface area contributed by atoms with Crippen molar-refractivity contribution in [3.05, 3.63) is 57.2 Å². The number of halogens is 1. The Labute approximate surface area is 181 Å². The lowest BCUT2D eigenvalue weighted by Gasteiger charge is -2.24. The summed E-state index contributed by atoms with van der Waals surface area (Å²) in [6.07, 6.45) is 0.676. The normalized spacial score (nSPS) is 22.3. The quantitative estimate of drug-likeness (QED) is 0.472. The molecule has 5 rings (SSSR count). The first-order valence-corrected chi connectivity index (χ1v) is 12.1. The van der Waals surface area contributed by atoms with Gasteiger partial charge in [-0.1, -0.05) is 0 Å². The highest BCUT2D eigenvalue weighted by molar-refractivity contribution is 7.90. The van der Waals surface area contributed by atoms with Gasteiger partial charge in [0.05, 0.1) is 12.5 Å². The lowest BCUT2D eigenvalue weighted by Crippen LogP contribution is -2.38. The monoisotopic (exact) mass is 462 g/mol. The van der Waals surface area contributed by atoms with Gasteiger partial charge in [0.15, 0.2) is 0 Å². The number of sulfonamides is 1. The molecule has 31 heavy (non-hydrogen) atoms. The predicted molar refractivity (Wildman–Crippen MR) is 114 cm³/mol. The second-order valence-corrected chi connectivity index (χ2v) is 10.7. The van der Waals surface area contributed by atoms with E-state index in [0.717, 1.165) is 16.9 Å². The molecule has 2 amide bonds. The van der Waals surface area contributed by atoms with Gasteiger partial charge in [-0.2, -0.15) is 0 Å². The zero-order valence-electron chi connectivity index (χ0n) is 16.2. The molecule has 3 aromatic rings. The first-order valence-electron chi connectivity index (χ1n) is 9.77. The Balaban J connectivity index is 1.33. The summed E-state index contributed by atoms with van der Waals surface area (Å²) in [5.74, 6) is -1.17. The summed E-state index contributed by atoms with van der Waals surface area (Å²) in [4.78, 5) is 28.8. The third-order valence-electron chi connectivity index (χ3n) is 5.58. The van der Waals surface area contributed by atoms with Crippen LogP contribution in [0.5, 0.6) is 0 Å². The molecule has 0 bridgehead atoms. The van der Waals surface area contributed by atoms with Gasteiger partial charge in [0.1, 0.15) is 16.8 Å². The number of aromatic amines is 1. The van der Waals surface area contributed by atoms with Crippen molar-refractivity contribution < 1.29 is 22.4 Å². The highest BCUT2D eigenvalue weighted by atomic mass is 32.2. The van der Waals surface area contributed by atoms with Crippen molar-refractivity contribution in [3.63, 3.8) is 0 Å². The number of nitrogens with one attached hydrogen (secondary N) is 4. The first-order chi connectivity index (χ1) is 14.8. The maximum atomic E-state index is 13.4. The van der Waals surface area contributed by atoms with Crippen LogP contribution in [0.4, 0.5) is 4.39 Å². The number of carbonyl (C=O) groups excluding carboxylic acids is 2. The molecule has 0 aliphatic carbocycles. The average Bonchev–Trinajstić information content (AvgIpc) is 3.39. The number of fused-ring (bicyclic) bond motifs is 2. The molecule has 0 spiro atoms. The van der Waals surface area contributed by atoms with Gasteiger partial charge in [-0.15, -0.1) is 11.3 Å². The summed E-state index contributed by atoms with van der Waals surface area (Å²) in [5, 5.41) is 5.99. The number of rotatable bonds is 4. The minimum absolute atomic E-state index is 0.0719. The third kappa shape index (κ3) is 3.73. The number of carbonyl (C=O) groups is 2. The van der Waals surface area contributed by atoms with Crippen LogP contribution in [0.15, 0.2) is 30.3 Å². The number of hydrogen-bond acceptors (Lipinski definition) is 6.